The Balaban J connectivity index is 2.58. The van der Waals surface area contributed by atoms with Crippen LogP contribution >= 0.6 is 0 Å². The number of carbonyl (C=O) groups is 1. The summed E-state index contributed by atoms with van der Waals surface area (Å²) in [5.74, 6) is 0.658. The average molecular weight is 249 g/mol. The summed E-state index contributed by atoms with van der Waals surface area (Å²) in [5.41, 5.74) is 2.42. The highest BCUT2D eigenvalue weighted by molar-refractivity contribution is 5.67. The lowest BCUT2D eigenvalue weighted by Crippen LogP contribution is -2.27. The van der Waals surface area contributed by atoms with Crippen LogP contribution < -0.4 is 5.32 Å². The molecule has 0 bridgehead atoms. The molecular formula is C15H23NO2. The molecule has 100 valence electrons. The lowest BCUT2D eigenvalue weighted by Gasteiger charge is -2.14. The molecule has 0 aliphatic rings. The molecule has 0 radical (unpaired) electrons. The minimum absolute atomic E-state index is 0.0304. The number of hydrogen-bond donors (Lipinski definition) is 1. The van der Waals surface area contributed by atoms with Crippen LogP contribution in [0, 0.1) is 5.92 Å². The van der Waals surface area contributed by atoms with Crippen LogP contribution in [0.5, 0.6) is 0 Å². The molecule has 1 aromatic carbocycles. The van der Waals surface area contributed by atoms with E-state index in [0.717, 1.165) is 12.0 Å². The summed E-state index contributed by atoms with van der Waals surface area (Å²) in [6, 6.07) is 8.35. The van der Waals surface area contributed by atoms with Crippen molar-refractivity contribution in [3.8, 4) is 0 Å². The number of carbonyl (C=O) groups excluding carboxylic acids is 1. The number of ether oxygens (including phenoxy) is 1. The summed E-state index contributed by atoms with van der Waals surface area (Å²) in [7, 11) is 0. The smallest absolute Gasteiger partial charge is 0.407 e. The Hall–Kier alpha value is -1.51. The van der Waals surface area contributed by atoms with E-state index < -0.39 is 0 Å². The minimum atomic E-state index is -0.365. The maximum absolute atomic E-state index is 11.3. The highest BCUT2D eigenvalue weighted by atomic mass is 16.5. The molecule has 0 heterocycles. The number of hydrogen-bond acceptors (Lipinski definition) is 2. The quantitative estimate of drug-likeness (QED) is 0.864. The largest absolute Gasteiger partial charge is 0.450 e. The summed E-state index contributed by atoms with van der Waals surface area (Å²) >= 11 is 0. The van der Waals surface area contributed by atoms with Crippen LogP contribution in [0.2, 0.25) is 0 Å². The van der Waals surface area contributed by atoms with Crippen LogP contribution in [-0.4, -0.2) is 12.7 Å². The lowest BCUT2D eigenvalue weighted by molar-refractivity contribution is 0.149. The molecule has 0 aliphatic carbocycles. The Bertz CT molecular complexity index is 371. The number of rotatable bonds is 5. The second kappa shape index (κ2) is 7.04. The number of benzene rings is 1. The molecule has 0 saturated carbocycles. The zero-order valence-corrected chi connectivity index (χ0v) is 11.7. The fraction of sp³-hybridized carbons (Fsp3) is 0.533. The molecule has 1 N–H and O–H groups in total. The molecule has 0 spiro atoms. The van der Waals surface area contributed by atoms with Crippen LogP contribution in [0.4, 0.5) is 4.79 Å². The van der Waals surface area contributed by atoms with Gasteiger partial charge < -0.3 is 10.1 Å². The molecule has 1 rings (SSSR count). The Kier molecular flexibility index (Phi) is 5.69. The van der Waals surface area contributed by atoms with Crippen molar-refractivity contribution in [2.75, 3.05) is 6.61 Å². The van der Waals surface area contributed by atoms with Crippen LogP contribution in [0.15, 0.2) is 24.3 Å². The van der Waals surface area contributed by atoms with E-state index in [1.165, 1.54) is 5.56 Å². The zero-order valence-electron chi connectivity index (χ0n) is 11.7. The first-order chi connectivity index (χ1) is 8.52. The van der Waals surface area contributed by atoms with Crippen molar-refractivity contribution in [1.82, 2.24) is 5.32 Å². The number of nitrogens with one attached hydrogen (secondary N) is 1. The Labute approximate surface area is 110 Å². The third kappa shape index (κ3) is 4.78. The first kappa shape index (κ1) is 14.6. The highest BCUT2D eigenvalue weighted by Gasteiger charge is 2.09. The van der Waals surface area contributed by atoms with Gasteiger partial charge in [0.15, 0.2) is 0 Å². The van der Waals surface area contributed by atoms with Crippen LogP contribution in [0.1, 0.15) is 44.9 Å². The van der Waals surface area contributed by atoms with E-state index in [9.17, 15) is 4.79 Å². The zero-order chi connectivity index (χ0) is 13.5. The summed E-state index contributed by atoms with van der Waals surface area (Å²) in [5, 5.41) is 2.80. The van der Waals surface area contributed by atoms with Gasteiger partial charge in [0.1, 0.15) is 0 Å². The first-order valence-corrected chi connectivity index (χ1v) is 6.55. The van der Waals surface area contributed by atoms with Crippen molar-refractivity contribution in [2.24, 2.45) is 5.92 Å². The van der Waals surface area contributed by atoms with Crippen molar-refractivity contribution < 1.29 is 9.53 Å². The summed E-state index contributed by atoms with van der Waals surface area (Å²) in [6.07, 6.45) is 0.719. The van der Waals surface area contributed by atoms with Crippen molar-refractivity contribution in [2.45, 2.75) is 40.2 Å². The maximum Gasteiger partial charge on any atom is 0.407 e. The van der Waals surface area contributed by atoms with Gasteiger partial charge in [-0.25, -0.2) is 4.79 Å². The van der Waals surface area contributed by atoms with Crippen molar-refractivity contribution in [3.05, 3.63) is 35.4 Å². The summed E-state index contributed by atoms with van der Waals surface area (Å²) in [4.78, 5) is 11.3. The van der Waals surface area contributed by atoms with Gasteiger partial charge in [-0.05, 0) is 37.3 Å². The van der Waals surface area contributed by atoms with Crippen LogP contribution in [0.25, 0.3) is 0 Å². The van der Waals surface area contributed by atoms with E-state index >= 15 is 0 Å². The van der Waals surface area contributed by atoms with Crippen LogP contribution in [-0.2, 0) is 11.2 Å². The molecule has 1 atom stereocenters. The van der Waals surface area contributed by atoms with E-state index in [4.69, 9.17) is 4.74 Å². The van der Waals surface area contributed by atoms with E-state index in [1.807, 2.05) is 6.92 Å². The molecule has 1 amide bonds. The summed E-state index contributed by atoms with van der Waals surface area (Å²) in [6.45, 7) is 8.56. The molecule has 0 saturated heterocycles. The van der Waals surface area contributed by atoms with E-state index in [-0.39, 0.29) is 12.1 Å². The van der Waals surface area contributed by atoms with Gasteiger partial charge in [-0.15, -0.1) is 0 Å². The topological polar surface area (TPSA) is 38.3 Å². The van der Waals surface area contributed by atoms with E-state index in [1.54, 1.807) is 6.92 Å². The van der Waals surface area contributed by atoms with Gasteiger partial charge in [-0.2, -0.15) is 0 Å². The standard InChI is InChI=1S/C15H23NO2/c1-5-18-15(17)16-12(4)14-8-6-13(7-9-14)10-11(2)3/h6-9,11-12H,5,10H2,1-4H3,(H,16,17)/t12-/m1/s1. The molecule has 3 nitrogen and oxygen atoms in total. The molecule has 1 aromatic rings. The van der Waals surface area contributed by atoms with Crippen molar-refractivity contribution in [1.29, 1.82) is 0 Å². The Morgan fingerprint density at radius 3 is 2.33 bits per heavy atom. The Morgan fingerprint density at radius 2 is 1.83 bits per heavy atom. The summed E-state index contributed by atoms with van der Waals surface area (Å²) < 4.78 is 4.86. The molecule has 0 unspecified atom stereocenters. The van der Waals surface area contributed by atoms with Gasteiger partial charge in [0.25, 0.3) is 0 Å². The van der Waals surface area contributed by atoms with E-state index in [2.05, 4.69) is 43.4 Å². The third-order valence-electron chi connectivity index (χ3n) is 2.73. The van der Waals surface area contributed by atoms with Gasteiger partial charge in [-0.1, -0.05) is 38.1 Å². The van der Waals surface area contributed by atoms with E-state index in [0.29, 0.717) is 12.5 Å². The SMILES string of the molecule is CCOC(=O)N[C@H](C)c1ccc(CC(C)C)cc1. The van der Waals surface area contributed by atoms with Crippen molar-refractivity contribution >= 4 is 6.09 Å². The molecule has 0 aliphatic heterocycles. The second-order valence-electron chi connectivity index (χ2n) is 4.93. The normalized spacial score (nSPS) is 12.3. The number of amides is 1. The molecule has 0 fully saturated rings. The lowest BCUT2D eigenvalue weighted by atomic mass is 10.00. The van der Waals surface area contributed by atoms with Gasteiger partial charge in [0.05, 0.1) is 12.6 Å². The predicted octanol–water partition coefficient (Wildman–Crippen LogP) is 3.69. The van der Waals surface area contributed by atoms with Gasteiger partial charge in [0.2, 0.25) is 0 Å². The number of alkyl carbamates (subject to hydrolysis) is 1. The van der Waals surface area contributed by atoms with Gasteiger partial charge in [-0.3, -0.25) is 0 Å². The predicted molar refractivity (Wildman–Crippen MR) is 73.6 cm³/mol. The average Bonchev–Trinajstić information content (AvgIpc) is 2.29. The Morgan fingerprint density at radius 1 is 1.22 bits per heavy atom. The monoisotopic (exact) mass is 249 g/mol. The van der Waals surface area contributed by atoms with Crippen LogP contribution in [0.3, 0.4) is 0 Å². The van der Waals surface area contributed by atoms with Crippen molar-refractivity contribution in [3.63, 3.8) is 0 Å². The minimum Gasteiger partial charge on any atom is -0.450 e. The first-order valence-electron chi connectivity index (χ1n) is 6.55. The third-order valence-corrected chi connectivity index (χ3v) is 2.73. The molecule has 3 heteroatoms. The fourth-order valence-electron chi connectivity index (χ4n) is 1.85. The fourth-order valence-corrected chi connectivity index (χ4v) is 1.85. The maximum atomic E-state index is 11.3. The highest BCUT2D eigenvalue weighted by Crippen LogP contribution is 2.15. The van der Waals surface area contributed by atoms with Gasteiger partial charge >= 0.3 is 6.09 Å². The van der Waals surface area contributed by atoms with Gasteiger partial charge in [0, 0.05) is 0 Å². The molecule has 18 heavy (non-hydrogen) atoms. The molecular weight excluding hydrogens is 226 g/mol. The molecule has 0 aromatic heterocycles. The second-order valence-corrected chi connectivity index (χ2v) is 4.93.